The molecule has 0 atom stereocenters. The molecule has 0 bridgehead atoms. The Bertz CT molecular complexity index is 2810. The highest BCUT2D eigenvalue weighted by molar-refractivity contribution is 6.12. The summed E-state index contributed by atoms with van der Waals surface area (Å²) in [6.07, 6.45) is 6.61. The molecule has 10 rings (SSSR count). The molecule has 2 nitrogen and oxygen atoms in total. The van der Waals surface area contributed by atoms with Crippen molar-refractivity contribution in [2.24, 2.45) is 0 Å². The van der Waals surface area contributed by atoms with Crippen LogP contribution < -0.4 is 4.90 Å². The van der Waals surface area contributed by atoms with Gasteiger partial charge < -0.3 is 9.47 Å². The van der Waals surface area contributed by atoms with E-state index in [2.05, 4.69) is 212 Å². The molecule has 252 valence electrons. The number of hydrogen-bond donors (Lipinski definition) is 0. The molecule has 53 heavy (non-hydrogen) atoms. The summed E-state index contributed by atoms with van der Waals surface area (Å²) in [6.45, 7) is 9.26. The van der Waals surface area contributed by atoms with Gasteiger partial charge in [0.15, 0.2) is 0 Å². The first-order valence-electron chi connectivity index (χ1n) is 18.4. The lowest BCUT2D eigenvalue weighted by Crippen LogP contribution is -2.14. The van der Waals surface area contributed by atoms with Gasteiger partial charge in [-0.1, -0.05) is 124 Å². The fraction of sp³-hybridized carbons (Fsp3) is 0.0588. The highest BCUT2D eigenvalue weighted by atomic mass is 15.1. The molecule has 7 aromatic carbocycles. The molecule has 2 heterocycles. The minimum absolute atomic E-state index is 0.0741. The van der Waals surface area contributed by atoms with Gasteiger partial charge in [0, 0.05) is 39.3 Å². The van der Waals surface area contributed by atoms with E-state index < -0.39 is 0 Å². The predicted molar refractivity (Wildman–Crippen MR) is 225 cm³/mol. The van der Waals surface area contributed by atoms with Crippen LogP contribution in [-0.2, 0) is 5.41 Å². The van der Waals surface area contributed by atoms with E-state index >= 15 is 0 Å². The lowest BCUT2D eigenvalue weighted by Gasteiger charge is -2.26. The first kappa shape index (κ1) is 31.1. The van der Waals surface area contributed by atoms with Crippen molar-refractivity contribution in [3.05, 3.63) is 211 Å². The lowest BCUT2D eigenvalue weighted by atomic mass is 9.82. The van der Waals surface area contributed by atoms with Crippen LogP contribution in [0.2, 0.25) is 0 Å². The van der Waals surface area contributed by atoms with E-state index in [1.165, 1.54) is 60.9 Å². The van der Waals surface area contributed by atoms with Crippen molar-refractivity contribution in [1.82, 2.24) is 4.57 Å². The van der Waals surface area contributed by atoms with Crippen molar-refractivity contribution in [2.45, 2.75) is 19.3 Å². The Kier molecular flexibility index (Phi) is 7.03. The molecule has 1 aromatic heterocycles. The van der Waals surface area contributed by atoms with Crippen LogP contribution in [0.1, 0.15) is 36.1 Å². The third-order valence-electron chi connectivity index (χ3n) is 11.3. The lowest BCUT2D eigenvalue weighted by molar-refractivity contribution is 0.661. The van der Waals surface area contributed by atoms with Gasteiger partial charge in [0.2, 0.25) is 0 Å². The Morgan fingerprint density at radius 3 is 1.96 bits per heavy atom. The zero-order valence-corrected chi connectivity index (χ0v) is 29.9. The van der Waals surface area contributed by atoms with Gasteiger partial charge in [-0.15, -0.1) is 0 Å². The van der Waals surface area contributed by atoms with Crippen LogP contribution in [-0.4, -0.2) is 4.57 Å². The van der Waals surface area contributed by atoms with Crippen LogP contribution in [0.5, 0.6) is 0 Å². The fourth-order valence-electron chi connectivity index (χ4n) is 8.62. The van der Waals surface area contributed by atoms with Crippen molar-refractivity contribution < 1.29 is 0 Å². The maximum absolute atomic E-state index is 4.54. The molecule has 1 aliphatic heterocycles. The van der Waals surface area contributed by atoms with Gasteiger partial charge in [-0.3, -0.25) is 0 Å². The Morgan fingerprint density at radius 1 is 0.491 bits per heavy atom. The Morgan fingerprint density at radius 2 is 1.15 bits per heavy atom. The third-order valence-corrected chi connectivity index (χ3v) is 11.3. The SMILES string of the molecule is C=C1/C=C(c2cccc(-c3ccc4c(c3)c3cc5c(cc3n4-c3ccccc3)C(C)(C)c3ccccc3-5)c2)\C=C/N(c2ccccc2)c2ccccc21. The molecule has 0 saturated heterocycles. The fourth-order valence-corrected chi connectivity index (χ4v) is 8.62. The summed E-state index contributed by atoms with van der Waals surface area (Å²) < 4.78 is 2.44. The predicted octanol–water partition coefficient (Wildman–Crippen LogP) is 13.5. The summed E-state index contributed by atoms with van der Waals surface area (Å²) in [4.78, 5) is 2.25. The van der Waals surface area contributed by atoms with Crippen LogP contribution in [0.15, 0.2) is 189 Å². The van der Waals surface area contributed by atoms with Crippen molar-refractivity contribution in [3.63, 3.8) is 0 Å². The van der Waals surface area contributed by atoms with Crippen LogP contribution in [0.25, 0.3) is 60.9 Å². The molecule has 2 aliphatic rings. The summed E-state index contributed by atoms with van der Waals surface area (Å²) in [5, 5.41) is 2.53. The summed E-state index contributed by atoms with van der Waals surface area (Å²) in [6, 6.07) is 59.5. The molecule has 0 spiro atoms. The number of rotatable bonds is 4. The second-order valence-electron chi connectivity index (χ2n) is 14.7. The molecule has 8 aromatic rings. The van der Waals surface area contributed by atoms with Crippen LogP contribution in [0.3, 0.4) is 0 Å². The number of fused-ring (bicyclic) bond motifs is 7. The average molecular weight is 679 g/mol. The van der Waals surface area contributed by atoms with Gasteiger partial charge in [0.1, 0.15) is 0 Å². The minimum atomic E-state index is -0.0741. The molecular formula is C51H38N2. The molecule has 0 amide bonds. The molecule has 1 aliphatic carbocycles. The highest BCUT2D eigenvalue weighted by Crippen LogP contribution is 2.51. The topological polar surface area (TPSA) is 8.17 Å². The number of nitrogens with zero attached hydrogens (tertiary/aromatic N) is 2. The Balaban J connectivity index is 1.12. The largest absolute Gasteiger partial charge is 0.317 e. The van der Waals surface area contributed by atoms with Crippen molar-refractivity contribution in [1.29, 1.82) is 0 Å². The van der Waals surface area contributed by atoms with E-state index in [0.29, 0.717) is 0 Å². The maximum Gasteiger partial charge on any atom is 0.0544 e. The number of allylic oxidation sites excluding steroid dienone is 4. The van der Waals surface area contributed by atoms with Gasteiger partial charge in [-0.25, -0.2) is 0 Å². The van der Waals surface area contributed by atoms with Crippen molar-refractivity contribution in [2.75, 3.05) is 4.90 Å². The Labute approximate surface area is 310 Å². The van der Waals surface area contributed by atoms with Crippen molar-refractivity contribution in [3.8, 4) is 27.9 Å². The normalized spacial score (nSPS) is 16.0. The van der Waals surface area contributed by atoms with E-state index in [1.807, 2.05) is 0 Å². The zero-order chi connectivity index (χ0) is 35.7. The number of benzene rings is 7. The average Bonchev–Trinajstić information content (AvgIpc) is 3.64. The first-order valence-corrected chi connectivity index (χ1v) is 18.4. The summed E-state index contributed by atoms with van der Waals surface area (Å²) >= 11 is 0. The number of hydrogen-bond acceptors (Lipinski definition) is 1. The molecule has 0 unspecified atom stereocenters. The summed E-state index contributed by atoms with van der Waals surface area (Å²) in [5.74, 6) is 0. The highest BCUT2D eigenvalue weighted by Gasteiger charge is 2.36. The van der Waals surface area contributed by atoms with Crippen LogP contribution >= 0.6 is 0 Å². The molecule has 2 heteroatoms. The second kappa shape index (κ2) is 12.0. The van der Waals surface area contributed by atoms with Crippen LogP contribution in [0.4, 0.5) is 11.4 Å². The second-order valence-corrected chi connectivity index (χ2v) is 14.7. The van der Waals surface area contributed by atoms with E-state index in [1.54, 1.807) is 0 Å². The van der Waals surface area contributed by atoms with Crippen LogP contribution in [0, 0.1) is 0 Å². The quantitative estimate of drug-likeness (QED) is 0.180. The van der Waals surface area contributed by atoms with Gasteiger partial charge in [0.25, 0.3) is 0 Å². The molecule has 0 N–H and O–H groups in total. The van der Waals surface area contributed by atoms with Gasteiger partial charge >= 0.3 is 0 Å². The number of para-hydroxylation sites is 3. The molecule has 0 radical (unpaired) electrons. The monoisotopic (exact) mass is 678 g/mol. The van der Waals surface area contributed by atoms with Crippen molar-refractivity contribution >= 4 is 44.3 Å². The van der Waals surface area contributed by atoms with Gasteiger partial charge in [0.05, 0.1) is 16.7 Å². The Hall–Kier alpha value is -6.64. The number of aromatic nitrogens is 1. The maximum atomic E-state index is 4.54. The zero-order valence-electron chi connectivity index (χ0n) is 29.9. The third kappa shape index (κ3) is 4.94. The molecule has 0 saturated carbocycles. The van der Waals surface area contributed by atoms with Gasteiger partial charge in [-0.05, 0) is 123 Å². The smallest absolute Gasteiger partial charge is 0.0544 e. The van der Waals surface area contributed by atoms with E-state index in [9.17, 15) is 0 Å². The molecular weight excluding hydrogens is 641 g/mol. The van der Waals surface area contributed by atoms with Gasteiger partial charge in [-0.2, -0.15) is 0 Å². The molecule has 0 fully saturated rings. The standard InChI is InChI=1S/C51H38N2/c1-34-29-38(27-28-52(39-17-6-4-7-18-39)48-24-13-11-21-41(34)48)36-16-14-15-35(30-36)37-25-26-49-44(31-37)45-32-43-42-22-10-12-23-46(42)51(2,3)47(43)33-50(45)53(49)40-19-8-5-9-20-40/h4-33H,1H2,2-3H3/b28-27-,38-29+. The minimum Gasteiger partial charge on any atom is -0.317 e. The summed E-state index contributed by atoms with van der Waals surface area (Å²) in [7, 11) is 0. The number of anilines is 2. The van der Waals surface area contributed by atoms with E-state index in [4.69, 9.17) is 0 Å². The van der Waals surface area contributed by atoms with E-state index in [-0.39, 0.29) is 5.41 Å². The van der Waals surface area contributed by atoms with E-state index in [0.717, 1.165) is 33.6 Å². The first-order chi connectivity index (χ1) is 26.0. The summed E-state index contributed by atoms with van der Waals surface area (Å²) in [5.41, 5.74) is 18.0.